The Morgan fingerprint density at radius 3 is 2.53 bits per heavy atom. The van der Waals surface area contributed by atoms with Gasteiger partial charge in [-0.25, -0.2) is 0 Å². The molecule has 1 aliphatic rings. The van der Waals surface area contributed by atoms with Crippen LogP contribution >= 0.6 is 0 Å². The first kappa shape index (κ1) is 14.5. The molecule has 0 spiro atoms. The van der Waals surface area contributed by atoms with Gasteiger partial charge < -0.3 is 10.4 Å². The normalized spacial score (nSPS) is 20.4. The van der Waals surface area contributed by atoms with Gasteiger partial charge in [-0.3, -0.25) is 4.79 Å². The van der Waals surface area contributed by atoms with E-state index < -0.39 is 5.97 Å². The number of nitrogens with one attached hydrogen (secondary N) is 1. The zero-order chi connectivity index (χ0) is 12.7. The highest BCUT2D eigenvalue weighted by Crippen LogP contribution is 2.28. The predicted octanol–water partition coefficient (Wildman–Crippen LogP) is 3.19. The SMILES string of the molecule is CCCC(NC(C)CCC1CCCC1)C(=O)O. The van der Waals surface area contributed by atoms with Crippen LogP contribution in [0.1, 0.15) is 65.2 Å². The Bertz CT molecular complexity index is 224. The molecule has 0 heterocycles. The second-order valence-electron chi connectivity index (χ2n) is 5.48. The highest BCUT2D eigenvalue weighted by atomic mass is 16.4. The maximum atomic E-state index is 11.0. The van der Waals surface area contributed by atoms with Gasteiger partial charge in [-0.15, -0.1) is 0 Å². The lowest BCUT2D eigenvalue weighted by molar-refractivity contribution is -0.139. The zero-order valence-corrected chi connectivity index (χ0v) is 11.2. The molecule has 0 radical (unpaired) electrons. The molecule has 0 aliphatic heterocycles. The van der Waals surface area contributed by atoms with Crippen molar-refractivity contribution in [2.24, 2.45) is 5.92 Å². The third-order valence-corrected chi connectivity index (χ3v) is 3.84. The van der Waals surface area contributed by atoms with Gasteiger partial charge in [0.05, 0.1) is 0 Å². The number of hydrogen-bond donors (Lipinski definition) is 2. The van der Waals surface area contributed by atoms with Crippen molar-refractivity contribution in [3.05, 3.63) is 0 Å². The molecule has 1 rings (SSSR count). The lowest BCUT2D eigenvalue weighted by Crippen LogP contribution is -2.42. The molecule has 2 atom stereocenters. The molecule has 1 saturated carbocycles. The summed E-state index contributed by atoms with van der Waals surface area (Å²) in [6, 6.07) is -0.0400. The second kappa shape index (κ2) is 7.70. The first-order valence-electron chi connectivity index (χ1n) is 7.12. The van der Waals surface area contributed by atoms with Crippen molar-refractivity contribution in [1.29, 1.82) is 0 Å². The Balaban J connectivity index is 2.21. The largest absolute Gasteiger partial charge is 0.480 e. The van der Waals surface area contributed by atoms with Crippen LogP contribution in [0.3, 0.4) is 0 Å². The van der Waals surface area contributed by atoms with Gasteiger partial charge in [0.1, 0.15) is 6.04 Å². The average Bonchev–Trinajstić information content (AvgIpc) is 2.78. The molecular formula is C14H27NO2. The highest BCUT2D eigenvalue weighted by molar-refractivity contribution is 5.73. The lowest BCUT2D eigenvalue weighted by atomic mass is 9.98. The molecule has 0 aromatic heterocycles. The van der Waals surface area contributed by atoms with Gasteiger partial charge in [0.25, 0.3) is 0 Å². The Morgan fingerprint density at radius 2 is 2.00 bits per heavy atom. The van der Waals surface area contributed by atoms with E-state index in [2.05, 4.69) is 12.2 Å². The van der Waals surface area contributed by atoms with E-state index in [4.69, 9.17) is 5.11 Å². The van der Waals surface area contributed by atoms with Crippen molar-refractivity contribution in [2.45, 2.75) is 77.3 Å². The van der Waals surface area contributed by atoms with Crippen LogP contribution in [0.4, 0.5) is 0 Å². The summed E-state index contributed by atoms with van der Waals surface area (Å²) in [6.07, 6.45) is 9.54. The summed E-state index contributed by atoms with van der Waals surface area (Å²) in [6.45, 7) is 4.14. The van der Waals surface area contributed by atoms with Crippen LogP contribution in [0.25, 0.3) is 0 Å². The van der Waals surface area contributed by atoms with Crippen LogP contribution in [-0.2, 0) is 4.79 Å². The molecule has 100 valence electrons. The Hall–Kier alpha value is -0.570. The third kappa shape index (κ3) is 5.53. The van der Waals surface area contributed by atoms with Crippen LogP contribution in [0.2, 0.25) is 0 Å². The van der Waals surface area contributed by atoms with Gasteiger partial charge in [0, 0.05) is 6.04 Å². The monoisotopic (exact) mass is 241 g/mol. The summed E-state index contributed by atoms with van der Waals surface area (Å²) in [5.41, 5.74) is 0. The summed E-state index contributed by atoms with van der Waals surface area (Å²) < 4.78 is 0. The molecule has 17 heavy (non-hydrogen) atoms. The molecule has 2 N–H and O–H groups in total. The fraction of sp³-hybridized carbons (Fsp3) is 0.929. The van der Waals surface area contributed by atoms with Crippen molar-refractivity contribution in [1.82, 2.24) is 5.32 Å². The number of carboxylic acid groups (broad SMARTS) is 1. The lowest BCUT2D eigenvalue weighted by Gasteiger charge is -2.21. The molecule has 0 amide bonds. The zero-order valence-electron chi connectivity index (χ0n) is 11.2. The van der Waals surface area contributed by atoms with Crippen molar-refractivity contribution in [2.75, 3.05) is 0 Å². The number of hydrogen-bond acceptors (Lipinski definition) is 2. The first-order chi connectivity index (χ1) is 8.13. The quantitative estimate of drug-likeness (QED) is 0.686. The average molecular weight is 241 g/mol. The number of aliphatic carboxylic acids is 1. The number of carboxylic acids is 1. The van der Waals surface area contributed by atoms with Crippen molar-refractivity contribution in [3.63, 3.8) is 0 Å². The van der Waals surface area contributed by atoms with Crippen LogP contribution in [0, 0.1) is 5.92 Å². The third-order valence-electron chi connectivity index (χ3n) is 3.84. The summed E-state index contributed by atoms with van der Waals surface area (Å²) in [5.74, 6) is 0.188. The molecule has 1 aliphatic carbocycles. The molecule has 3 nitrogen and oxygen atoms in total. The van der Waals surface area contributed by atoms with E-state index in [1.807, 2.05) is 6.92 Å². The molecule has 0 saturated heterocycles. The van der Waals surface area contributed by atoms with Crippen molar-refractivity contribution < 1.29 is 9.90 Å². The minimum Gasteiger partial charge on any atom is -0.480 e. The smallest absolute Gasteiger partial charge is 0.320 e. The minimum atomic E-state index is -0.709. The number of carbonyl (C=O) groups is 1. The van der Waals surface area contributed by atoms with Gasteiger partial charge in [-0.1, -0.05) is 39.0 Å². The molecule has 3 heteroatoms. The molecule has 0 bridgehead atoms. The van der Waals surface area contributed by atoms with Gasteiger partial charge in [0.15, 0.2) is 0 Å². The molecule has 0 aromatic carbocycles. The summed E-state index contributed by atoms with van der Waals surface area (Å²) in [7, 11) is 0. The van der Waals surface area contributed by atoms with Gasteiger partial charge in [-0.05, 0) is 32.1 Å². The van der Waals surface area contributed by atoms with Gasteiger partial charge >= 0.3 is 5.97 Å². The van der Waals surface area contributed by atoms with E-state index >= 15 is 0 Å². The van der Waals surface area contributed by atoms with E-state index in [0.717, 1.165) is 25.2 Å². The molecule has 1 fully saturated rings. The standard InChI is InChI=1S/C14H27NO2/c1-3-6-13(14(16)17)15-11(2)9-10-12-7-4-5-8-12/h11-13,15H,3-10H2,1-2H3,(H,16,17). The minimum absolute atomic E-state index is 0.322. The van der Waals surface area contributed by atoms with E-state index in [1.165, 1.54) is 32.1 Å². The highest BCUT2D eigenvalue weighted by Gasteiger charge is 2.20. The Kier molecular flexibility index (Phi) is 6.56. The first-order valence-corrected chi connectivity index (χ1v) is 7.12. The maximum absolute atomic E-state index is 11.0. The molecular weight excluding hydrogens is 214 g/mol. The predicted molar refractivity (Wildman–Crippen MR) is 70.1 cm³/mol. The van der Waals surface area contributed by atoms with Gasteiger partial charge in [-0.2, -0.15) is 0 Å². The summed E-state index contributed by atoms with van der Waals surface area (Å²) in [4.78, 5) is 11.0. The van der Waals surface area contributed by atoms with Crippen LogP contribution in [0.5, 0.6) is 0 Å². The molecule has 2 unspecified atom stereocenters. The Morgan fingerprint density at radius 1 is 1.35 bits per heavy atom. The molecule has 0 aromatic rings. The van der Waals surface area contributed by atoms with Gasteiger partial charge in [0.2, 0.25) is 0 Å². The van der Waals surface area contributed by atoms with E-state index in [0.29, 0.717) is 6.04 Å². The van der Waals surface area contributed by atoms with Crippen LogP contribution < -0.4 is 5.32 Å². The van der Waals surface area contributed by atoms with Crippen LogP contribution in [-0.4, -0.2) is 23.2 Å². The number of rotatable bonds is 8. The fourth-order valence-corrected chi connectivity index (χ4v) is 2.78. The fourth-order valence-electron chi connectivity index (χ4n) is 2.78. The van der Waals surface area contributed by atoms with E-state index in [-0.39, 0.29) is 6.04 Å². The van der Waals surface area contributed by atoms with E-state index in [1.54, 1.807) is 0 Å². The van der Waals surface area contributed by atoms with E-state index in [9.17, 15) is 4.79 Å². The second-order valence-corrected chi connectivity index (χ2v) is 5.48. The summed E-state index contributed by atoms with van der Waals surface area (Å²) in [5, 5.41) is 12.3. The van der Waals surface area contributed by atoms with Crippen molar-refractivity contribution in [3.8, 4) is 0 Å². The maximum Gasteiger partial charge on any atom is 0.320 e. The van der Waals surface area contributed by atoms with Crippen molar-refractivity contribution >= 4 is 5.97 Å². The van der Waals surface area contributed by atoms with Crippen LogP contribution in [0.15, 0.2) is 0 Å². The Labute approximate surface area is 105 Å². The topological polar surface area (TPSA) is 49.3 Å². The summed E-state index contributed by atoms with van der Waals surface area (Å²) >= 11 is 0.